The standard InChI is InChI=1S/C13H24N6OS/c1-9(2)15-12-16-11(14-4-6-20)17-13(18-12)19-5-7-21-10(3)8-19/h9-10,20H,4-8H2,1-3H3,(H2,14,15,16,17,18)/t10-/m1/s1. The lowest BCUT2D eigenvalue weighted by molar-refractivity contribution is 0.311. The normalized spacial score (nSPS) is 18.9. The summed E-state index contributed by atoms with van der Waals surface area (Å²) in [5, 5.41) is 15.7. The van der Waals surface area contributed by atoms with Crippen molar-refractivity contribution in [3.8, 4) is 0 Å². The number of aliphatic hydroxyl groups is 1. The van der Waals surface area contributed by atoms with E-state index in [1.807, 2.05) is 25.6 Å². The molecule has 0 aliphatic carbocycles. The van der Waals surface area contributed by atoms with Gasteiger partial charge in [-0.3, -0.25) is 0 Å². The van der Waals surface area contributed by atoms with Crippen LogP contribution >= 0.6 is 11.8 Å². The Bertz CT molecular complexity index is 458. The van der Waals surface area contributed by atoms with Crippen molar-refractivity contribution in [2.75, 3.05) is 47.5 Å². The second kappa shape index (κ2) is 7.65. The second-order valence-electron chi connectivity index (χ2n) is 5.36. The van der Waals surface area contributed by atoms with Crippen LogP contribution in [0.3, 0.4) is 0 Å². The molecule has 1 fully saturated rings. The smallest absolute Gasteiger partial charge is 0.232 e. The van der Waals surface area contributed by atoms with Gasteiger partial charge in [0.25, 0.3) is 0 Å². The number of anilines is 3. The van der Waals surface area contributed by atoms with E-state index in [2.05, 4.69) is 37.4 Å². The van der Waals surface area contributed by atoms with Crippen LogP contribution in [0, 0.1) is 0 Å². The Morgan fingerprint density at radius 2 is 2.10 bits per heavy atom. The highest BCUT2D eigenvalue weighted by Crippen LogP contribution is 2.22. The first-order chi connectivity index (χ1) is 10.1. The number of rotatable bonds is 6. The Labute approximate surface area is 130 Å². The summed E-state index contributed by atoms with van der Waals surface area (Å²) in [5.74, 6) is 2.85. The molecule has 0 spiro atoms. The molecule has 1 aromatic heterocycles. The van der Waals surface area contributed by atoms with E-state index in [1.54, 1.807) is 0 Å². The summed E-state index contributed by atoms with van der Waals surface area (Å²) in [6.45, 7) is 8.67. The predicted octanol–water partition coefficient (Wildman–Crippen LogP) is 1.04. The fourth-order valence-electron chi connectivity index (χ4n) is 2.08. The van der Waals surface area contributed by atoms with Crippen LogP contribution in [-0.2, 0) is 0 Å². The topological polar surface area (TPSA) is 86.2 Å². The number of nitrogens with zero attached hydrogens (tertiary/aromatic N) is 4. The average molecular weight is 312 g/mol. The highest BCUT2D eigenvalue weighted by atomic mass is 32.2. The third-order valence-electron chi connectivity index (χ3n) is 2.96. The molecule has 118 valence electrons. The van der Waals surface area contributed by atoms with Crippen LogP contribution < -0.4 is 15.5 Å². The van der Waals surface area contributed by atoms with Crippen LogP contribution in [0.15, 0.2) is 0 Å². The maximum atomic E-state index is 8.93. The van der Waals surface area contributed by atoms with Gasteiger partial charge in [0.1, 0.15) is 0 Å². The molecule has 0 unspecified atom stereocenters. The average Bonchev–Trinajstić information content (AvgIpc) is 2.44. The van der Waals surface area contributed by atoms with Gasteiger partial charge in [-0.25, -0.2) is 0 Å². The summed E-state index contributed by atoms with van der Waals surface area (Å²) in [6.07, 6.45) is 0. The van der Waals surface area contributed by atoms with E-state index in [0.29, 0.717) is 29.6 Å². The highest BCUT2D eigenvalue weighted by molar-refractivity contribution is 8.00. The van der Waals surface area contributed by atoms with Crippen molar-refractivity contribution in [1.29, 1.82) is 0 Å². The van der Waals surface area contributed by atoms with E-state index in [1.165, 1.54) is 0 Å². The predicted molar refractivity (Wildman–Crippen MR) is 88.3 cm³/mol. The minimum Gasteiger partial charge on any atom is -0.395 e. The molecule has 1 aliphatic rings. The van der Waals surface area contributed by atoms with Crippen molar-refractivity contribution >= 4 is 29.6 Å². The van der Waals surface area contributed by atoms with Crippen molar-refractivity contribution in [2.24, 2.45) is 0 Å². The van der Waals surface area contributed by atoms with Crippen molar-refractivity contribution in [3.63, 3.8) is 0 Å². The number of nitrogens with one attached hydrogen (secondary N) is 2. The molecule has 8 heteroatoms. The van der Waals surface area contributed by atoms with Gasteiger partial charge in [0.2, 0.25) is 17.8 Å². The fourth-order valence-corrected chi connectivity index (χ4v) is 3.09. The molecule has 21 heavy (non-hydrogen) atoms. The third kappa shape index (κ3) is 4.89. The molecule has 0 radical (unpaired) electrons. The summed E-state index contributed by atoms with van der Waals surface area (Å²) >= 11 is 1.97. The zero-order chi connectivity index (χ0) is 15.2. The Kier molecular flexibility index (Phi) is 5.86. The van der Waals surface area contributed by atoms with E-state index in [-0.39, 0.29) is 12.6 Å². The highest BCUT2D eigenvalue weighted by Gasteiger charge is 2.20. The molecule has 3 N–H and O–H groups in total. The molecule has 1 atom stereocenters. The van der Waals surface area contributed by atoms with Gasteiger partial charge in [0, 0.05) is 36.7 Å². The molecule has 0 amide bonds. The second-order valence-corrected chi connectivity index (χ2v) is 6.91. The van der Waals surface area contributed by atoms with E-state index in [4.69, 9.17) is 5.11 Å². The lowest BCUT2D eigenvalue weighted by Crippen LogP contribution is -2.38. The van der Waals surface area contributed by atoms with Crippen molar-refractivity contribution < 1.29 is 5.11 Å². The molecule has 0 aromatic carbocycles. The van der Waals surface area contributed by atoms with Gasteiger partial charge < -0.3 is 20.6 Å². The summed E-state index contributed by atoms with van der Waals surface area (Å²) in [4.78, 5) is 15.5. The Hall–Kier alpha value is -1.28. The van der Waals surface area contributed by atoms with Gasteiger partial charge in [-0.15, -0.1) is 0 Å². The number of hydrogen-bond donors (Lipinski definition) is 3. The minimum atomic E-state index is 0.0470. The SMILES string of the molecule is CC(C)Nc1nc(NCCO)nc(N2CCS[C@H](C)C2)n1. The van der Waals surface area contributed by atoms with Crippen LogP contribution in [0.1, 0.15) is 20.8 Å². The first kappa shape index (κ1) is 16.1. The molecule has 1 saturated heterocycles. The maximum absolute atomic E-state index is 8.93. The molecule has 0 bridgehead atoms. The number of thioether (sulfide) groups is 1. The van der Waals surface area contributed by atoms with Gasteiger partial charge in [-0.2, -0.15) is 26.7 Å². The van der Waals surface area contributed by atoms with E-state index in [9.17, 15) is 0 Å². The molecule has 1 aliphatic heterocycles. The van der Waals surface area contributed by atoms with Crippen LogP contribution in [0.5, 0.6) is 0 Å². The quantitative estimate of drug-likeness (QED) is 0.718. The maximum Gasteiger partial charge on any atom is 0.232 e. The van der Waals surface area contributed by atoms with Gasteiger partial charge in [0.15, 0.2) is 0 Å². The lowest BCUT2D eigenvalue weighted by atomic mass is 10.4. The van der Waals surface area contributed by atoms with E-state index < -0.39 is 0 Å². The van der Waals surface area contributed by atoms with E-state index >= 15 is 0 Å². The molecule has 1 aromatic rings. The first-order valence-electron chi connectivity index (χ1n) is 7.32. The zero-order valence-corrected chi connectivity index (χ0v) is 13.7. The number of hydrogen-bond acceptors (Lipinski definition) is 8. The van der Waals surface area contributed by atoms with Crippen LogP contribution in [0.4, 0.5) is 17.8 Å². The molecule has 0 saturated carbocycles. The fraction of sp³-hybridized carbons (Fsp3) is 0.769. The molecular formula is C13H24N6OS. The monoisotopic (exact) mass is 312 g/mol. The zero-order valence-electron chi connectivity index (χ0n) is 12.8. The lowest BCUT2D eigenvalue weighted by Gasteiger charge is -2.30. The van der Waals surface area contributed by atoms with E-state index in [0.717, 1.165) is 18.8 Å². The van der Waals surface area contributed by atoms with Crippen LogP contribution in [0.25, 0.3) is 0 Å². The summed E-state index contributed by atoms with van der Waals surface area (Å²) in [6, 6.07) is 0.252. The van der Waals surface area contributed by atoms with Gasteiger partial charge in [0.05, 0.1) is 6.61 Å². The van der Waals surface area contributed by atoms with Crippen LogP contribution in [-0.4, -0.2) is 63.3 Å². The summed E-state index contributed by atoms with van der Waals surface area (Å²) in [7, 11) is 0. The number of aromatic nitrogens is 3. The van der Waals surface area contributed by atoms with Crippen molar-refractivity contribution in [2.45, 2.75) is 32.1 Å². The molecular weight excluding hydrogens is 288 g/mol. The van der Waals surface area contributed by atoms with Crippen LogP contribution in [0.2, 0.25) is 0 Å². The van der Waals surface area contributed by atoms with Crippen molar-refractivity contribution in [3.05, 3.63) is 0 Å². The summed E-state index contributed by atoms with van der Waals surface area (Å²) < 4.78 is 0. The van der Waals surface area contributed by atoms with Crippen molar-refractivity contribution in [1.82, 2.24) is 15.0 Å². The summed E-state index contributed by atoms with van der Waals surface area (Å²) in [5.41, 5.74) is 0. The molecule has 2 heterocycles. The largest absolute Gasteiger partial charge is 0.395 e. The Morgan fingerprint density at radius 3 is 2.76 bits per heavy atom. The Balaban J connectivity index is 2.20. The number of aliphatic hydroxyl groups excluding tert-OH is 1. The van der Waals surface area contributed by atoms with Gasteiger partial charge in [-0.1, -0.05) is 6.92 Å². The minimum absolute atomic E-state index is 0.0470. The van der Waals surface area contributed by atoms with Gasteiger partial charge >= 0.3 is 0 Å². The molecule has 7 nitrogen and oxygen atoms in total. The third-order valence-corrected chi connectivity index (χ3v) is 4.10. The first-order valence-corrected chi connectivity index (χ1v) is 8.37. The van der Waals surface area contributed by atoms with Gasteiger partial charge in [-0.05, 0) is 13.8 Å². The Morgan fingerprint density at radius 1 is 1.33 bits per heavy atom. The molecule has 2 rings (SSSR count).